The molecule has 0 bridgehead atoms. The summed E-state index contributed by atoms with van der Waals surface area (Å²) in [5.41, 5.74) is 15.7. The highest BCUT2D eigenvalue weighted by Gasteiger charge is 2.37. The van der Waals surface area contributed by atoms with E-state index in [9.17, 15) is 0 Å². The van der Waals surface area contributed by atoms with Gasteiger partial charge in [0.05, 0.1) is 39.5 Å². The third-order valence-electron chi connectivity index (χ3n) is 10.4. The fourth-order valence-electron chi connectivity index (χ4n) is 8.23. The van der Waals surface area contributed by atoms with Crippen molar-refractivity contribution in [2.24, 2.45) is 0 Å². The molecule has 10 rings (SSSR count). The molecule has 3 heteroatoms. The first-order valence-electron chi connectivity index (χ1n) is 17.7. The van der Waals surface area contributed by atoms with E-state index in [4.69, 9.17) is 0 Å². The third-order valence-corrected chi connectivity index (χ3v) is 10.4. The zero-order valence-corrected chi connectivity index (χ0v) is 28.9. The Morgan fingerprint density at radius 3 is 1.68 bits per heavy atom. The Bertz CT molecular complexity index is 2540. The van der Waals surface area contributed by atoms with Crippen LogP contribution >= 0.6 is 0 Å². The molecule has 0 atom stereocenters. The second kappa shape index (κ2) is 11.5. The number of fused-ring (bicyclic) bond motifs is 7. The Kier molecular flexibility index (Phi) is 6.92. The van der Waals surface area contributed by atoms with Gasteiger partial charge in [-0.25, -0.2) is 0 Å². The van der Waals surface area contributed by atoms with Crippen LogP contribution in [0, 0.1) is 0 Å². The maximum absolute atomic E-state index is 2.46. The second-order valence-electron chi connectivity index (χ2n) is 13.4. The molecule has 8 aromatic rings. The number of para-hydroxylation sites is 6. The van der Waals surface area contributed by atoms with Crippen LogP contribution in [-0.4, -0.2) is 4.57 Å². The molecule has 2 aliphatic rings. The van der Waals surface area contributed by atoms with Gasteiger partial charge in [0.15, 0.2) is 0 Å². The Morgan fingerprint density at radius 2 is 0.960 bits per heavy atom. The predicted molar refractivity (Wildman–Crippen MR) is 213 cm³/mol. The number of aromatic nitrogens is 1. The number of hydrogen-bond acceptors (Lipinski definition) is 2. The molecule has 0 N–H and O–H groups in total. The topological polar surface area (TPSA) is 11.4 Å². The zero-order valence-electron chi connectivity index (χ0n) is 28.9. The van der Waals surface area contributed by atoms with Gasteiger partial charge >= 0.3 is 0 Å². The van der Waals surface area contributed by atoms with Crippen LogP contribution in [0.3, 0.4) is 0 Å². The lowest BCUT2D eigenvalue weighted by Gasteiger charge is -2.42. The van der Waals surface area contributed by atoms with E-state index in [0.717, 1.165) is 5.69 Å². The second-order valence-corrected chi connectivity index (χ2v) is 13.4. The van der Waals surface area contributed by atoms with Gasteiger partial charge < -0.3 is 14.4 Å². The number of rotatable bonds is 3. The summed E-state index contributed by atoms with van der Waals surface area (Å²) in [5, 5.41) is 2.53. The minimum Gasteiger partial charge on any atom is -0.310 e. The summed E-state index contributed by atoms with van der Waals surface area (Å²) >= 11 is 0. The van der Waals surface area contributed by atoms with Gasteiger partial charge in [0.1, 0.15) is 0 Å². The van der Waals surface area contributed by atoms with Gasteiger partial charge in [-0.2, -0.15) is 0 Å². The summed E-state index contributed by atoms with van der Waals surface area (Å²) in [7, 11) is 0. The fraction of sp³-hybridized carbons (Fsp3) is 0.106. The largest absolute Gasteiger partial charge is 0.310 e. The molecule has 2 aliphatic heterocycles. The summed E-state index contributed by atoms with van der Waals surface area (Å²) in [6, 6.07) is 59.9. The number of hydrogen-bond donors (Lipinski definition) is 0. The molecule has 0 saturated heterocycles. The smallest absolute Gasteiger partial charge is 0.0783 e. The quantitative estimate of drug-likeness (QED) is 0.189. The SMILES string of the molecule is CC.CC1(C)c2ccccc2N(c2ccccc2)c2ccc(-c3cc4c5c(c3)c3ccccc3n5-c3ccccc3N4c3ccccc3)cc21. The fourth-order valence-corrected chi connectivity index (χ4v) is 8.23. The van der Waals surface area contributed by atoms with Crippen molar-refractivity contribution >= 4 is 55.9 Å². The van der Waals surface area contributed by atoms with Crippen LogP contribution in [0.4, 0.5) is 34.1 Å². The molecule has 7 aromatic carbocycles. The lowest BCUT2D eigenvalue weighted by molar-refractivity contribution is 0.632. The first-order valence-corrected chi connectivity index (χ1v) is 17.7. The molecule has 3 heterocycles. The van der Waals surface area contributed by atoms with Crippen molar-refractivity contribution in [1.29, 1.82) is 0 Å². The predicted octanol–water partition coefficient (Wildman–Crippen LogP) is 13.4. The molecule has 0 unspecified atom stereocenters. The van der Waals surface area contributed by atoms with Crippen LogP contribution in [0.2, 0.25) is 0 Å². The third kappa shape index (κ3) is 4.29. The standard InChI is InChI=1S/C45H33N3.C2H6/c1-45(2)36-20-10-12-22-39(36)46(32-15-5-3-6-16-32)40-26-25-30(28-37(40)45)31-27-35-34-19-9-11-21-38(34)48-42-24-14-13-23-41(42)47(43(29-31)44(35)48)33-17-7-4-8-18-33;1-2/h3-29H,1-2H3;1-2H3. The molecular formula is C47H39N3. The number of anilines is 6. The Hall–Kier alpha value is -6.06. The minimum absolute atomic E-state index is 0.184. The summed E-state index contributed by atoms with van der Waals surface area (Å²) in [5.74, 6) is 0. The molecule has 50 heavy (non-hydrogen) atoms. The monoisotopic (exact) mass is 645 g/mol. The van der Waals surface area contributed by atoms with Gasteiger partial charge in [0.25, 0.3) is 0 Å². The molecule has 0 amide bonds. The van der Waals surface area contributed by atoms with E-state index in [2.05, 4.69) is 192 Å². The molecule has 0 radical (unpaired) electrons. The van der Waals surface area contributed by atoms with Gasteiger partial charge in [0, 0.05) is 27.6 Å². The normalized spacial score (nSPS) is 13.7. The van der Waals surface area contributed by atoms with Gasteiger partial charge in [-0.15, -0.1) is 0 Å². The summed E-state index contributed by atoms with van der Waals surface area (Å²) in [6.07, 6.45) is 0. The van der Waals surface area contributed by atoms with E-state index >= 15 is 0 Å². The van der Waals surface area contributed by atoms with Crippen molar-refractivity contribution in [3.05, 3.63) is 175 Å². The van der Waals surface area contributed by atoms with Gasteiger partial charge in [-0.3, -0.25) is 0 Å². The van der Waals surface area contributed by atoms with Crippen LogP contribution in [0.1, 0.15) is 38.8 Å². The average Bonchev–Trinajstić information content (AvgIpc) is 3.52. The molecule has 0 spiro atoms. The van der Waals surface area contributed by atoms with E-state index in [1.807, 2.05) is 13.8 Å². The van der Waals surface area contributed by atoms with Crippen molar-refractivity contribution in [2.75, 3.05) is 9.80 Å². The molecule has 3 nitrogen and oxygen atoms in total. The van der Waals surface area contributed by atoms with E-state index < -0.39 is 0 Å². The molecule has 1 aromatic heterocycles. The summed E-state index contributed by atoms with van der Waals surface area (Å²) in [6.45, 7) is 8.73. The maximum atomic E-state index is 2.46. The summed E-state index contributed by atoms with van der Waals surface area (Å²) < 4.78 is 2.46. The van der Waals surface area contributed by atoms with Crippen molar-refractivity contribution in [3.63, 3.8) is 0 Å². The molecule has 0 aliphatic carbocycles. The highest BCUT2D eigenvalue weighted by atomic mass is 15.2. The van der Waals surface area contributed by atoms with Gasteiger partial charge in [0.2, 0.25) is 0 Å². The Morgan fingerprint density at radius 1 is 0.400 bits per heavy atom. The first-order chi connectivity index (χ1) is 24.6. The van der Waals surface area contributed by atoms with E-state index in [1.165, 1.54) is 78.2 Å². The average molecular weight is 646 g/mol. The lowest BCUT2D eigenvalue weighted by atomic mass is 9.73. The van der Waals surface area contributed by atoms with Crippen molar-refractivity contribution in [3.8, 4) is 16.8 Å². The van der Waals surface area contributed by atoms with Crippen LogP contribution < -0.4 is 9.80 Å². The maximum Gasteiger partial charge on any atom is 0.0783 e. The highest BCUT2D eigenvalue weighted by molar-refractivity contribution is 6.18. The highest BCUT2D eigenvalue weighted by Crippen LogP contribution is 2.54. The summed E-state index contributed by atoms with van der Waals surface area (Å²) in [4.78, 5) is 4.87. The van der Waals surface area contributed by atoms with Crippen molar-refractivity contribution < 1.29 is 0 Å². The molecule has 0 fully saturated rings. The van der Waals surface area contributed by atoms with Gasteiger partial charge in [-0.1, -0.05) is 119 Å². The molecular weight excluding hydrogens is 607 g/mol. The molecule has 242 valence electrons. The van der Waals surface area contributed by atoms with E-state index in [0.29, 0.717) is 0 Å². The van der Waals surface area contributed by atoms with E-state index in [1.54, 1.807) is 0 Å². The van der Waals surface area contributed by atoms with Gasteiger partial charge in [-0.05, 0) is 95.1 Å². The van der Waals surface area contributed by atoms with Crippen molar-refractivity contribution in [2.45, 2.75) is 33.1 Å². The Balaban J connectivity index is 0.00000165. The number of nitrogens with zero attached hydrogens (tertiary/aromatic N) is 3. The first kappa shape index (κ1) is 30.0. The molecule has 0 saturated carbocycles. The van der Waals surface area contributed by atoms with Crippen LogP contribution in [0.15, 0.2) is 164 Å². The lowest BCUT2D eigenvalue weighted by Crippen LogP contribution is -2.30. The Labute approximate surface area is 294 Å². The van der Waals surface area contributed by atoms with E-state index in [-0.39, 0.29) is 5.41 Å². The van der Waals surface area contributed by atoms with Crippen LogP contribution in [0.5, 0.6) is 0 Å². The van der Waals surface area contributed by atoms with Crippen LogP contribution in [0.25, 0.3) is 38.6 Å². The number of benzene rings is 7. The van der Waals surface area contributed by atoms with Crippen LogP contribution in [-0.2, 0) is 5.41 Å². The zero-order chi connectivity index (χ0) is 34.0. The minimum atomic E-state index is -0.184. The van der Waals surface area contributed by atoms with Crippen molar-refractivity contribution in [1.82, 2.24) is 4.57 Å².